The lowest BCUT2D eigenvalue weighted by Crippen LogP contribution is -2.03. The summed E-state index contributed by atoms with van der Waals surface area (Å²) in [4.78, 5) is 12.3. The Hall–Kier alpha value is -3.31. The van der Waals surface area contributed by atoms with Crippen LogP contribution in [0.3, 0.4) is 0 Å². The third-order valence-electron chi connectivity index (χ3n) is 4.57. The zero-order valence-electron chi connectivity index (χ0n) is 15.5. The van der Waals surface area contributed by atoms with Crippen LogP contribution in [0.25, 0.3) is 11.6 Å². The number of ether oxygens (including phenoxy) is 2. The lowest BCUT2D eigenvalue weighted by atomic mass is 10.0. The molecule has 3 aromatic carbocycles. The first kappa shape index (κ1) is 19.0. The first-order valence-corrected chi connectivity index (χ1v) is 9.29. The van der Waals surface area contributed by atoms with E-state index < -0.39 is 0 Å². The van der Waals surface area contributed by atoms with E-state index in [0.29, 0.717) is 27.8 Å². The first-order valence-electron chi connectivity index (χ1n) is 8.92. The molecule has 0 aromatic heterocycles. The van der Waals surface area contributed by atoms with E-state index in [-0.39, 0.29) is 18.3 Å². The number of carbonyl (C=O) groups excluding carboxylic acids is 1. The number of hydrogen-bond acceptors (Lipinski definition) is 3. The monoisotopic (exact) mass is 409 g/mol. The molecule has 1 heterocycles. The van der Waals surface area contributed by atoms with Gasteiger partial charge in [-0.3, -0.25) is 4.79 Å². The van der Waals surface area contributed by atoms with Gasteiger partial charge in [-0.25, -0.2) is 4.39 Å². The second-order valence-electron chi connectivity index (χ2n) is 6.53. The Labute approximate surface area is 172 Å². The zero-order chi connectivity index (χ0) is 20.4. The zero-order valence-corrected chi connectivity index (χ0v) is 16.3. The van der Waals surface area contributed by atoms with E-state index in [4.69, 9.17) is 21.1 Å². The molecule has 0 unspecified atom stereocenters. The molecule has 4 nitrogen and oxygen atoms in total. The van der Waals surface area contributed by atoms with E-state index in [1.54, 1.807) is 49.6 Å². The van der Waals surface area contributed by atoms with Crippen molar-refractivity contribution in [2.24, 2.45) is 0 Å². The van der Waals surface area contributed by atoms with Crippen molar-refractivity contribution >= 4 is 34.8 Å². The van der Waals surface area contributed by atoms with Gasteiger partial charge < -0.3 is 14.8 Å². The van der Waals surface area contributed by atoms with Crippen molar-refractivity contribution in [2.45, 2.75) is 6.61 Å². The minimum Gasteiger partial charge on any atom is -0.493 e. The van der Waals surface area contributed by atoms with Gasteiger partial charge in [0.05, 0.1) is 12.8 Å². The lowest BCUT2D eigenvalue weighted by molar-refractivity contribution is -0.110. The van der Waals surface area contributed by atoms with Gasteiger partial charge in [0.2, 0.25) is 0 Å². The molecule has 0 aliphatic carbocycles. The highest BCUT2D eigenvalue weighted by molar-refractivity contribution is 6.36. The van der Waals surface area contributed by atoms with Crippen LogP contribution in [0.1, 0.15) is 16.7 Å². The minimum atomic E-state index is -0.288. The number of methoxy groups -OCH3 is 1. The Morgan fingerprint density at radius 1 is 1.03 bits per heavy atom. The van der Waals surface area contributed by atoms with Gasteiger partial charge in [0.25, 0.3) is 5.91 Å². The fourth-order valence-electron chi connectivity index (χ4n) is 3.11. The number of anilines is 1. The van der Waals surface area contributed by atoms with Crippen LogP contribution in [0.4, 0.5) is 10.1 Å². The molecule has 4 rings (SSSR count). The van der Waals surface area contributed by atoms with Crippen molar-refractivity contribution in [3.05, 3.63) is 88.2 Å². The highest BCUT2D eigenvalue weighted by Crippen LogP contribution is 2.36. The van der Waals surface area contributed by atoms with Gasteiger partial charge in [-0.1, -0.05) is 35.9 Å². The van der Waals surface area contributed by atoms with Crippen molar-refractivity contribution in [3.8, 4) is 11.5 Å². The minimum absolute atomic E-state index is 0.183. The summed E-state index contributed by atoms with van der Waals surface area (Å²) < 4.78 is 24.3. The number of nitrogens with one attached hydrogen (secondary N) is 1. The Morgan fingerprint density at radius 2 is 1.83 bits per heavy atom. The van der Waals surface area contributed by atoms with E-state index >= 15 is 0 Å². The molecule has 0 saturated heterocycles. The maximum atomic E-state index is 13.0. The van der Waals surface area contributed by atoms with E-state index in [0.717, 1.165) is 16.7 Å². The van der Waals surface area contributed by atoms with Gasteiger partial charge in [0.1, 0.15) is 12.4 Å². The van der Waals surface area contributed by atoms with Crippen LogP contribution in [0.2, 0.25) is 5.02 Å². The van der Waals surface area contributed by atoms with E-state index in [9.17, 15) is 9.18 Å². The topological polar surface area (TPSA) is 47.6 Å². The van der Waals surface area contributed by atoms with Crippen LogP contribution < -0.4 is 14.8 Å². The Bertz CT molecular complexity index is 1110. The normalized spacial score (nSPS) is 13.9. The predicted octanol–water partition coefficient (Wildman–Crippen LogP) is 5.56. The Morgan fingerprint density at radius 3 is 2.59 bits per heavy atom. The highest BCUT2D eigenvalue weighted by Gasteiger charge is 2.24. The van der Waals surface area contributed by atoms with Gasteiger partial charge in [0, 0.05) is 16.2 Å². The summed E-state index contributed by atoms with van der Waals surface area (Å²) in [6.07, 6.45) is 1.79. The number of amides is 1. The van der Waals surface area contributed by atoms with Gasteiger partial charge in [-0.05, 0) is 53.6 Å². The third-order valence-corrected chi connectivity index (χ3v) is 4.81. The van der Waals surface area contributed by atoms with Gasteiger partial charge >= 0.3 is 0 Å². The quantitative estimate of drug-likeness (QED) is 0.561. The highest BCUT2D eigenvalue weighted by atomic mass is 35.5. The van der Waals surface area contributed by atoms with E-state index in [1.165, 1.54) is 12.1 Å². The molecule has 6 heteroatoms. The molecule has 0 atom stereocenters. The largest absolute Gasteiger partial charge is 0.493 e. The number of carbonyl (C=O) groups is 1. The average molecular weight is 410 g/mol. The number of rotatable bonds is 5. The second kappa shape index (κ2) is 7.97. The number of halogens is 2. The molecule has 0 bridgehead atoms. The van der Waals surface area contributed by atoms with Crippen molar-refractivity contribution in [1.82, 2.24) is 0 Å². The fraction of sp³-hybridized carbons (Fsp3) is 0.0870. The van der Waals surface area contributed by atoms with Crippen LogP contribution in [-0.4, -0.2) is 13.0 Å². The van der Waals surface area contributed by atoms with E-state index in [2.05, 4.69) is 5.32 Å². The molecule has 1 aliphatic rings. The number of hydrogen-bond donors (Lipinski definition) is 1. The molecule has 146 valence electrons. The third kappa shape index (κ3) is 4.10. The maximum Gasteiger partial charge on any atom is 0.256 e. The maximum absolute atomic E-state index is 13.0. The first-order chi connectivity index (χ1) is 14.0. The molecule has 3 aromatic rings. The fourth-order valence-corrected chi connectivity index (χ4v) is 3.28. The molecule has 0 spiro atoms. The van der Waals surface area contributed by atoms with Crippen molar-refractivity contribution in [1.29, 1.82) is 0 Å². The molecule has 1 N–H and O–H groups in total. The lowest BCUT2D eigenvalue weighted by Gasteiger charge is -2.11. The van der Waals surface area contributed by atoms with Gasteiger partial charge in [-0.2, -0.15) is 0 Å². The van der Waals surface area contributed by atoms with Gasteiger partial charge in [0.15, 0.2) is 11.5 Å². The summed E-state index contributed by atoms with van der Waals surface area (Å²) in [5.41, 5.74) is 3.69. The number of benzene rings is 3. The SMILES string of the molecule is COc1cc(/C=C2/C(=O)Nc3cc(Cl)ccc32)ccc1OCc1ccc(F)cc1. The number of fused-ring (bicyclic) bond motifs is 1. The van der Waals surface area contributed by atoms with Crippen molar-refractivity contribution in [3.63, 3.8) is 0 Å². The molecular weight excluding hydrogens is 393 g/mol. The Kier molecular flexibility index (Phi) is 5.23. The van der Waals surface area contributed by atoms with Crippen molar-refractivity contribution < 1.29 is 18.7 Å². The molecule has 1 aliphatic heterocycles. The molecule has 29 heavy (non-hydrogen) atoms. The van der Waals surface area contributed by atoms with Crippen LogP contribution >= 0.6 is 11.6 Å². The van der Waals surface area contributed by atoms with Crippen LogP contribution in [0, 0.1) is 5.82 Å². The van der Waals surface area contributed by atoms with Crippen LogP contribution in [0.5, 0.6) is 11.5 Å². The molecule has 0 radical (unpaired) electrons. The van der Waals surface area contributed by atoms with Gasteiger partial charge in [-0.15, -0.1) is 0 Å². The standard InChI is InChI=1S/C23H17ClFNO3/c1-28-22-11-15(4-9-21(22)29-13-14-2-6-17(25)7-3-14)10-19-18-8-5-16(24)12-20(18)26-23(19)27/h2-12H,13H2,1H3,(H,26,27)/b19-10+. The molecule has 0 fully saturated rings. The summed E-state index contributed by atoms with van der Waals surface area (Å²) in [7, 11) is 1.55. The summed E-state index contributed by atoms with van der Waals surface area (Å²) in [6.45, 7) is 0.285. The van der Waals surface area contributed by atoms with E-state index in [1.807, 2.05) is 12.1 Å². The Balaban J connectivity index is 1.58. The van der Waals surface area contributed by atoms with Crippen LogP contribution in [0.15, 0.2) is 60.7 Å². The molecular formula is C23H17ClFNO3. The van der Waals surface area contributed by atoms with Crippen molar-refractivity contribution in [2.75, 3.05) is 12.4 Å². The smallest absolute Gasteiger partial charge is 0.256 e. The molecule has 0 saturated carbocycles. The second-order valence-corrected chi connectivity index (χ2v) is 6.96. The summed E-state index contributed by atoms with van der Waals surface area (Å²) in [6, 6.07) is 16.8. The summed E-state index contributed by atoms with van der Waals surface area (Å²) >= 11 is 6.00. The summed E-state index contributed by atoms with van der Waals surface area (Å²) in [5.74, 6) is 0.625. The summed E-state index contributed by atoms with van der Waals surface area (Å²) in [5, 5.41) is 3.38. The molecule has 1 amide bonds. The average Bonchev–Trinajstić information content (AvgIpc) is 3.02. The predicted molar refractivity (Wildman–Crippen MR) is 112 cm³/mol. The van der Waals surface area contributed by atoms with Crippen LogP contribution in [-0.2, 0) is 11.4 Å².